The monoisotopic (exact) mass is 293 g/mol. The highest BCUT2D eigenvalue weighted by Gasteiger charge is 2.16. The van der Waals surface area contributed by atoms with Crippen molar-refractivity contribution in [3.05, 3.63) is 30.1 Å². The van der Waals surface area contributed by atoms with E-state index in [9.17, 15) is 4.79 Å². The molecule has 5 heteroatoms. The molecule has 1 unspecified atom stereocenters. The van der Waals surface area contributed by atoms with Gasteiger partial charge in [-0.15, -0.1) is 11.6 Å². The molecule has 2 aromatic rings. The van der Waals surface area contributed by atoms with Gasteiger partial charge in [0.25, 0.3) is 0 Å². The molecule has 1 amide bonds. The molecule has 1 atom stereocenters. The fourth-order valence-corrected chi connectivity index (χ4v) is 2.25. The van der Waals surface area contributed by atoms with Crippen molar-refractivity contribution in [3.8, 4) is 0 Å². The zero-order chi connectivity index (χ0) is 14.7. The van der Waals surface area contributed by atoms with Crippen molar-refractivity contribution in [2.24, 2.45) is 5.92 Å². The van der Waals surface area contributed by atoms with Gasteiger partial charge in [-0.1, -0.05) is 26.0 Å². The lowest BCUT2D eigenvalue weighted by atomic mass is 10.2. The molecule has 0 saturated heterocycles. The van der Waals surface area contributed by atoms with Crippen LogP contribution in [0.4, 0.5) is 0 Å². The molecule has 1 aromatic heterocycles. The van der Waals surface area contributed by atoms with Crippen molar-refractivity contribution in [1.29, 1.82) is 0 Å². The summed E-state index contributed by atoms with van der Waals surface area (Å²) in [7, 11) is 0. The van der Waals surface area contributed by atoms with Gasteiger partial charge in [0.15, 0.2) is 0 Å². The minimum absolute atomic E-state index is 0.0135. The molecule has 4 nitrogen and oxygen atoms in total. The van der Waals surface area contributed by atoms with E-state index in [1.165, 1.54) is 0 Å². The lowest BCUT2D eigenvalue weighted by molar-refractivity contribution is -0.121. The lowest BCUT2D eigenvalue weighted by Gasteiger charge is -2.12. The van der Waals surface area contributed by atoms with Crippen LogP contribution >= 0.6 is 11.6 Å². The van der Waals surface area contributed by atoms with E-state index in [1.54, 1.807) is 0 Å². The number of carbonyl (C=O) groups is 1. The first-order valence-electron chi connectivity index (χ1n) is 6.85. The summed E-state index contributed by atoms with van der Waals surface area (Å²) in [6.45, 7) is 6.93. The number of benzene rings is 1. The van der Waals surface area contributed by atoms with Crippen LogP contribution in [0.25, 0.3) is 11.0 Å². The fraction of sp³-hybridized carbons (Fsp3) is 0.467. The Balaban J connectivity index is 2.27. The third-order valence-corrected chi connectivity index (χ3v) is 3.24. The minimum Gasteiger partial charge on any atom is -0.354 e. The van der Waals surface area contributed by atoms with E-state index in [0.29, 0.717) is 12.5 Å². The van der Waals surface area contributed by atoms with Crippen LogP contribution in [-0.4, -0.2) is 22.0 Å². The number of alkyl halides is 1. The Morgan fingerprint density at radius 1 is 1.35 bits per heavy atom. The Bertz CT molecular complexity index is 604. The number of para-hydroxylation sites is 2. The van der Waals surface area contributed by atoms with Crippen molar-refractivity contribution in [2.75, 3.05) is 6.54 Å². The molecular formula is C15H20ClN3O. The van der Waals surface area contributed by atoms with E-state index in [4.69, 9.17) is 11.6 Å². The van der Waals surface area contributed by atoms with E-state index in [-0.39, 0.29) is 17.8 Å². The number of nitrogens with one attached hydrogen (secondary N) is 1. The van der Waals surface area contributed by atoms with E-state index in [0.717, 1.165) is 16.9 Å². The van der Waals surface area contributed by atoms with E-state index in [1.807, 2.05) is 35.8 Å². The van der Waals surface area contributed by atoms with E-state index in [2.05, 4.69) is 24.1 Å². The van der Waals surface area contributed by atoms with E-state index < -0.39 is 0 Å². The van der Waals surface area contributed by atoms with Crippen LogP contribution in [0.1, 0.15) is 32.0 Å². The number of aromatic nitrogens is 2. The quantitative estimate of drug-likeness (QED) is 0.861. The summed E-state index contributed by atoms with van der Waals surface area (Å²) in [4.78, 5) is 16.5. The number of amides is 1. The molecule has 0 saturated carbocycles. The third kappa shape index (κ3) is 3.31. The van der Waals surface area contributed by atoms with Crippen LogP contribution in [0.15, 0.2) is 24.3 Å². The van der Waals surface area contributed by atoms with Gasteiger partial charge in [-0.05, 0) is 25.0 Å². The molecule has 0 fully saturated rings. The summed E-state index contributed by atoms with van der Waals surface area (Å²) >= 11 is 6.18. The molecule has 0 aliphatic carbocycles. The molecule has 0 spiro atoms. The van der Waals surface area contributed by atoms with Gasteiger partial charge in [0.05, 0.1) is 16.4 Å². The molecule has 108 valence electrons. The van der Waals surface area contributed by atoms with Crippen LogP contribution in [0, 0.1) is 5.92 Å². The zero-order valence-corrected chi connectivity index (χ0v) is 12.8. The van der Waals surface area contributed by atoms with Gasteiger partial charge in [0, 0.05) is 6.54 Å². The second-order valence-electron chi connectivity index (χ2n) is 5.36. The van der Waals surface area contributed by atoms with Gasteiger partial charge in [-0.2, -0.15) is 0 Å². The number of nitrogens with zero attached hydrogens (tertiary/aromatic N) is 2. The van der Waals surface area contributed by atoms with Crippen LogP contribution < -0.4 is 5.32 Å². The molecule has 0 aliphatic heterocycles. The maximum absolute atomic E-state index is 12.0. The Morgan fingerprint density at radius 2 is 2.05 bits per heavy atom. The first-order chi connectivity index (χ1) is 9.49. The first-order valence-corrected chi connectivity index (χ1v) is 7.28. The summed E-state index contributed by atoms with van der Waals surface area (Å²) in [5.74, 6) is 1.15. The van der Waals surface area contributed by atoms with Crippen molar-refractivity contribution < 1.29 is 4.79 Å². The highest BCUT2D eigenvalue weighted by atomic mass is 35.5. The molecule has 2 rings (SSSR count). The lowest BCUT2D eigenvalue weighted by Crippen LogP contribution is -2.31. The Labute approximate surface area is 124 Å². The molecule has 1 N–H and O–H groups in total. The SMILES string of the molecule is CC(C)CNC(=O)Cn1c(C(C)Cl)nc2ccccc21. The average Bonchev–Trinajstić information content (AvgIpc) is 2.76. The molecule has 0 aliphatic rings. The zero-order valence-electron chi connectivity index (χ0n) is 12.1. The molecular weight excluding hydrogens is 274 g/mol. The maximum Gasteiger partial charge on any atom is 0.240 e. The van der Waals surface area contributed by atoms with Gasteiger partial charge >= 0.3 is 0 Å². The molecule has 1 heterocycles. The predicted molar refractivity (Wildman–Crippen MR) is 81.8 cm³/mol. The summed E-state index contributed by atoms with van der Waals surface area (Å²) in [6, 6.07) is 7.76. The third-order valence-electron chi connectivity index (χ3n) is 3.05. The Hall–Kier alpha value is -1.55. The van der Waals surface area contributed by atoms with Crippen LogP contribution in [0.3, 0.4) is 0 Å². The van der Waals surface area contributed by atoms with Crippen molar-refractivity contribution >= 4 is 28.5 Å². The van der Waals surface area contributed by atoms with Gasteiger partial charge in [0.2, 0.25) is 5.91 Å². The second-order valence-corrected chi connectivity index (χ2v) is 6.01. The number of halogens is 1. The number of hydrogen-bond donors (Lipinski definition) is 1. The number of imidazole rings is 1. The van der Waals surface area contributed by atoms with Gasteiger partial charge in [-0.3, -0.25) is 4.79 Å². The molecule has 0 bridgehead atoms. The minimum atomic E-state index is -0.236. The van der Waals surface area contributed by atoms with Crippen molar-refractivity contribution in [2.45, 2.75) is 32.7 Å². The normalized spacial score (nSPS) is 12.8. The van der Waals surface area contributed by atoms with Crippen LogP contribution in [-0.2, 0) is 11.3 Å². The second kappa shape index (κ2) is 6.27. The smallest absolute Gasteiger partial charge is 0.240 e. The number of fused-ring (bicyclic) bond motifs is 1. The van der Waals surface area contributed by atoms with Crippen molar-refractivity contribution in [1.82, 2.24) is 14.9 Å². The predicted octanol–water partition coefficient (Wildman–Crippen LogP) is 3.11. The average molecular weight is 294 g/mol. The summed E-state index contributed by atoms with van der Waals surface area (Å²) in [6.07, 6.45) is 0. The largest absolute Gasteiger partial charge is 0.354 e. The molecule has 20 heavy (non-hydrogen) atoms. The van der Waals surface area contributed by atoms with E-state index >= 15 is 0 Å². The summed E-state index contributed by atoms with van der Waals surface area (Å²) < 4.78 is 1.89. The summed E-state index contributed by atoms with van der Waals surface area (Å²) in [5, 5.41) is 2.68. The number of rotatable bonds is 5. The Morgan fingerprint density at radius 3 is 2.70 bits per heavy atom. The molecule has 0 radical (unpaired) electrons. The van der Waals surface area contributed by atoms with Crippen LogP contribution in [0.5, 0.6) is 0 Å². The van der Waals surface area contributed by atoms with Crippen LogP contribution in [0.2, 0.25) is 0 Å². The number of carbonyl (C=O) groups excluding carboxylic acids is 1. The Kier molecular flexibility index (Phi) is 4.65. The standard InChI is InChI=1S/C15H20ClN3O/c1-10(2)8-17-14(20)9-19-13-7-5-4-6-12(13)18-15(19)11(3)16/h4-7,10-11H,8-9H2,1-3H3,(H,17,20). The highest BCUT2D eigenvalue weighted by molar-refractivity contribution is 6.20. The topological polar surface area (TPSA) is 46.9 Å². The van der Waals surface area contributed by atoms with Gasteiger partial charge < -0.3 is 9.88 Å². The van der Waals surface area contributed by atoms with Crippen molar-refractivity contribution in [3.63, 3.8) is 0 Å². The maximum atomic E-state index is 12.0. The van der Waals surface area contributed by atoms with Gasteiger partial charge in [0.1, 0.15) is 12.4 Å². The molecule has 1 aromatic carbocycles. The highest BCUT2D eigenvalue weighted by Crippen LogP contribution is 2.24. The number of hydrogen-bond acceptors (Lipinski definition) is 2. The first kappa shape index (κ1) is 14.9. The van der Waals surface area contributed by atoms with Gasteiger partial charge in [-0.25, -0.2) is 4.98 Å². The summed E-state index contributed by atoms with van der Waals surface area (Å²) in [5.41, 5.74) is 1.81. The fourth-order valence-electron chi connectivity index (χ4n) is 2.08.